The molecule has 11 nitrogen and oxygen atoms in total. The molecule has 1 fully saturated rings. The summed E-state index contributed by atoms with van der Waals surface area (Å²) in [4.78, 5) is 69.1. The molecule has 0 unspecified atom stereocenters. The van der Waals surface area contributed by atoms with Gasteiger partial charge in [0, 0.05) is 25.5 Å². The normalized spacial score (nSPS) is 17.7. The van der Waals surface area contributed by atoms with Crippen molar-refractivity contribution in [3.8, 4) is 0 Å². The van der Waals surface area contributed by atoms with Crippen molar-refractivity contribution >= 4 is 29.6 Å². The highest BCUT2D eigenvalue weighted by atomic mass is 16.7. The summed E-state index contributed by atoms with van der Waals surface area (Å²) >= 11 is 0. The number of carbonyl (C=O) groups is 5. The van der Waals surface area contributed by atoms with Crippen molar-refractivity contribution in [2.45, 2.75) is 92.0 Å². The standard InChI is InChI=1S/C25H42N4O7/c1-14(2)16(13-15(3)23(34)36-29-17(30)11-12-18(29)31)28(10)22(33)20(24(4,5)6)27-21(32)19(26-9)25(7,8)35/h13-14,16,19-20,26,35H,11-12H2,1-10H3,(H,27,32)/b15-13+/t16-,19-,20-/m1/s1. The van der Waals surface area contributed by atoms with Crippen molar-refractivity contribution in [1.29, 1.82) is 0 Å². The van der Waals surface area contributed by atoms with Crippen LogP contribution in [0.3, 0.4) is 0 Å². The van der Waals surface area contributed by atoms with Crippen LogP contribution in [0.15, 0.2) is 11.6 Å². The molecule has 0 aliphatic carbocycles. The molecule has 0 saturated carbocycles. The summed E-state index contributed by atoms with van der Waals surface area (Å²) in [6.45, 7) is 13.7. The number of hydroxylamine groups is 2. The number of likely N-dealkylation sites (N-methyl/N-ethyl adjacent to an activating group) is 2. The molecule has 1 heterocycles. The van der Waals surface area contributed by atoms with Crippen LogP contribution in [0.1, 0.15) is 68.2 Å². The number of hydrogen-bond donors (Lipinski definition) is 3. The SMILES string of the molecule is CN[C@H](C(=O)N[C@H](C(=O)N(C)[C@H](/C=C(\C)C(=O)ON1C(=O)CCC1=O)C(C)C)C(C)(C)C)C(C)(C)O. The highest BCUT2D eigenvalue weighted by Crippen LogP contribution is 2.24. The quantitative estimate of drug-likeness (QED) is 0.290. The van der Waals surface area contributed by atoms with Gasteiger partial charge in [-0.1, -0.05) is 40.7 Å². The Kier molecular flexibility index (Phi) is 10.4. The molecular formula is C25H42N4O7. The molecule has 11 heteroatoms. The summed E-state index contributed by atoms with van der Waals surface area (Å²) < 4.78 is 0. The number of amides is 4. The zero-order valence-corrected chi connectivity index (χ0v) is 23.1. The first-order valence-electron chi connectivity index (χ1n) is 12.1. The van der Waals surface area contributed by atoms with Crippen LogP contribution in [-0.4, -0.2) is 82.5 Å². The van der Waals surface area contributed by atoms with Crippen molar-refractivity contribution < 1.29 is 33.9 Å². The van der Waals surface area contributed by atoms with E-state index >= 15 is 0 Å². The molecule has 3 N–H and O–H groups in total. The van der Waals surface area contributed by atoms with Crippen LogP contribution in [0.2, 0.25) is 0 Å². The van der Waals surface area contributed by atoms with Gasteiger partial charge in [0.25, 0.3) is 11.8 Å². The average molecular weight is 511 g/mol. The van der Waals surface area contributed by atoms with Crippen LogP contribution in [0.5, 0.6) is 0 Å². The van der Waals surface area contributed by atoms with Gasteiger partial charge in [0.2, 0.25) is 11.8 Å². The van der Waals surface area contributed by atoms with E-state index in [0.717, 1.165) is 0 Å². The second-order valence-electron chi connectivity index (χ2n) is 11.2. The zero-order chi connectivity index (χ0) is 28.2. The maximum Gasteiger partial charge on any atom is 0.359 e. The zero-order valence-electron chi connectivity index (χ0n) is 23.1. The van der Waals surface area contributed by atoms with Crippen LogP contribution in [0.25, 0.3) is 0 Å². The Balaban J connectivity index is 3.18. The van der Waals surface area contributed by atoms with Gasteiger partial charge in [-0.05, 0) is 39.2 Å². The number of carbonyl (C=O) groups excluding carboxylic acids is 5. The summed E-state index contributed by atoms with van der Waals surface area (Å²) in [6, 6.07) is -2.45. The van der Waals surface area contributed by atoms with E-state index in [1.54, 1.807) is 20.2 Å². The van der Waals surface area contributed by atoms with E-state index in [-0.39, 0.29) is 30.2 Å². The van der Waals surface area contributed by atoms with E-state index in [2.05, 4.69) is 10.6 Å². The molecule has 1 aliphatic heterocycles. The molecule has 0 bridgehead atoms. The van der Waals surface area contributed by atoms with Gasteiger partial charge in [-0.2, -0.15) is 0 Å². The fourth-order valence-electron chi connectivity index (χ4n) is 3.92. The van der Waals surface area contributed by atoms with Crippen molar-refractivity contribution in [2.24, 2.45) is 11.3 Å². The largest absolute Gasteiger partial charge is 0.388 e. The van der Waals surface area contributed by atoms with E-state index in [0.29, 0.717) is 5.06 Å². The smallest absolute Gasteiger partial charge is 0.359 e. The second kappa shape index (κ2) is 12.0. The average Bonchev–Trinajstić information content (AvgIpc) is 3.05. The lowest BCUT2D eigenvalue weighted by Gasteiger charge is -2.38. The maximum absolute atomic E-state index is 13.6. The van der Waals surface area contributed by atoms with Gasteiger partial charge in [-0.25, -0.2) is 4.79 Å². The molecule has 0 radical (unpaired) electrons. The Morgan fingerprint density at radius 3 is 1.94 bits per heavy atom. The topological polar surface area (TPSA) is 145 Å². The van der Waals surface area contributed by atoms with Gasteiger partial charge in [-0.3, -0.25) is 19.2 Å². The van der Waals surface area contributed by atoms with E-state index < -0.39 is 52.8 Å². The third kappa shape index (κ3) is 7.86. The minimum atomic E-state index is -1.37. The van der Waals surface area contributed by atoms with Crippen LogP contribution in [0, 0.1) is 11.3 Å². The highest BCUT2D eigenvalue weighted by molar-refractivity contribution is 6.02. The van der Waals surface area contributed by atoms with Crippen molar-refractivity contribution in [3.05, 3.63) is 11.6 Å². The highest BCUT2D eigenvalue weighted by Gasteiger charge is 2.40. The predicted molar refractivity (Wildman–Crippen MR) is 133 cm³/mol. The summed E-state index contributed by atoms with van der Waals surface area (Å²) in [7, 11) is 3.12. The minimum Gasteiger partial charge on any atom is -0.388 e. The summed E-state index contributed by atoms with van der Waals surface area (Å²) in [5, 5.41) is 16.4. The van der Waals surface area contributed by atoms with E-state index in [1.807, 2.05) is 34.6 Å². The molecule has 4 amide bonds. The van der Waals surface area contributed by atoms with Crippen molar-refractivity contribution in [1.82, 2.24) is 20.6 Å². The third-order valence-electron chi connectivity index (χ3n) is 6.06. The Hall–Kier alpha value is -2.79. The predicted octanol–water partition coefficient (Wildman–Crippen LogP) is 0.913. The number of aliphatic hydroxyl groups is 1. The maximum atomic E-state index is 13.6. The number of imide groups is 1. The molecule has 3 atom stereocenters. The van der Waals surface area contributed by atoms with Crippen LogP contribution >= 0.6 is 0 Å². The first-order chi connectivity index (χ1) is 16.3. The van der Waals surface area contributed by atoms with E-state index in [9.17, 15) is 29.1 Å². The molecule has 1 saturated heterocycles. The number of nitrogens with zero attached hydrogens (tertiary/aromatic N) is 2. The number of nitrogens with one attached hydrogen (secondary N) is 2. The van der Waals surface area contributed by atoms with Crippen LogP contribution in [-0.2, 0) is 28.8 Å². The second-order valence-corrected chi connectivity index (χ2v) is 11.2. The first kappa shape index (κ1) is 31.2. The number of hydrogen-bond acceptors (Lipinski definition) is 8. The summed E-state index contributed by atoms with van der Waals surface area (Å²) in [5.41, 5.74) is -1.92. The Morgan fingerprint density at radius 1 is 1.06 bits per heavy atom. The fourth-order valence-corrected chi connectivity index (χ4v) is 3.92. The summed E-state index contributed by atoms with van der Waals surface area (Å²) in [5.74, 6) is -3.07. The van der Waals surface area contributed by atoms with Gasteiger partial charge in [0.1, 0.15) is 12.1 Å². The van der Waals surface area contributed by atoms with E-state index in [1.165, 1.54) is 25.7 Å². The van der Waals surface area contributed by atoms with Gasteiger partial charge in [0.15, 0.2) is 0 Å². The molecule has 0 aromatic carbocycles. The Bertz CT molecular complexity index is 883. The lowest BCUT2D eigenvalue weighted by Crippen LogP contribution is -2.62. The lowest BCUT2D eigenvalue weighted by atomic mass is 9.84. The van der Waals surface area contributed by atoms with Gasteiger partial charge >= 0.3 is 5.97 Å². The van der Waals surface area contributed by atoms with Gasteiger partial charge < -0.3 is 25.5 Å². The molecule has 204 valence electrons. The van der Waals surface area contributed by atoms with E-state index in [4.69, 9.17) is 4.84 Å². The molecule has 36 heavy (non-hydrogen) atoms. The number of rotatable bonds is 10. The van der Waals surface area contributed by atoms with Crippen molar-refractivity contribution in [3.63, 3.8) is 0 Å². The lowest BCUT2D eigenvalue weighted by molar-refractivity contribution is -0.194. The van der Waals surface area contributed by atoms with Crippen molar-refractivity contribution in [2.75, 3.05) is 14.1 Å². The first-order valence-corrected chi connectivity index (χ1v) is 12.1. The minimum absolute atomic E-state index is 0.0114. The fraction of sp³-hybridized carbons (Fsp3) is 0.720. The van der Waals surface area contributed by atoms with Crippen LogP contribution < -0.4 is 10.6 Å². The third-order valence-corrected chi connectivity index (χ3v) is 6.06. The molecule has 0 aromatic rings. The van der Waals surface area contributed by atoms with Crippen LogP contribution in [0.4, 0.5) is 0 Å². The van der Waals surface area contributed by atoms with Gasteiger partial charge in [0.05, 0.1) is 11.6 Å². The Labute approximate surface area is 213 Å². The Morgan fingerprint density at radius 2 is 1.56 bits per heavy atom. The van der Waals surface area contributed by atoms with Gasteiger partial charge in [-0.15, -0.1) is 5.06 Å². The molecule has 1 rings (SSSR count). The molecular weight excluding hydrogens is 468 g/mol. The molecule has 0 spiro atoms. The molecule has 1 aliphatic rings. The molecule has 0 aromatic heterocycles. The monoisotopic (exact) mass is 510 g/mol. The summed E-state index contributed by atoms with van der Waals surface area (Å²) in [6.07, 6.45) is 1.52.